The van der Waals surface area contributed by atoms with Crippen LogP contribution < -0.4 is 5.11 Å². The number of nitrogens with zero attached hydrogens (tertiary/aromatic N) is 1. The van der Waals surface area contributed by atoms with E-state index in [0.29, 0.717) is 6.42 Å². The molecule has 0 aliphatic rings. The van der Waals surface area contributed by atoms with E-state index in [9.17, 15) is 9.90 Å². The normalized spacial score (nSPS) is 10.5. The van der Waals surface area contributed by atoms with E-state index in [-0.39, 0.29) is 6.42 Å². The molecular formula is C11H25NO3. The summed E-state index contributed by atoms with van der Waals surface area (Å²) in [5.74, 6) is -0.961. The van der Waals surface area contributed by atoms with Crippen molar-refractivity contribution in [1.29, 1.82) is 0 Å². The van der Waals surface area contributed by atoms with E-state index in [4.69, 9.17) is 4.74 Å². The molecule has 4 nitrogen and oxygen atoms in total. The van der Waals surface area contributed by atoms with Gasteiger partial charge in [0.05, 0.1) is 27.2 Å². The zero-order valence-corrected chi connectivity index (χ0v) is 10.7. The molecule has 0 aromatic carbocycles. The Morgan fingerprint density at radius 2 is 1.87 bits per heavy atom. The van der Waals surface area contributed by atoms with Crippen molar-refractivity contribution in [2.45, 2.75) is 26.7 Å². The lowest BCUT2D eigenvalue weighted by Gasteiger charge is -2.27. The number of hydrogen-bond donors (Lipinski definition) is 0. The van der Waals surface area contributed by atoms with E-state index in [1.165, 1.54) is 6.54 Å². The fourth-order valence-electron chi connectivity index (χ4n) is 0.701. The van der Waals surface area contributed by atoms with Crippen molar-refractivity contribution in [3.63, 3.8) is 0 Å². The Morgan fingerprint density at radius 1 is 1.33 bits per heavy atom. The molecule has 0 aliphatic carbocycles. The standard InChI is InChI=1S/C7H18NO.C4H8O2/c1-5-8(2,3)6-7-9-4;1-2-3-4(5)6/h5-7H2,1-4H3;2-3H2,1H3,(H,5,6)/q+1;/p-1. The van der Waals surface area contributed by atoms with Gasteiger partial charge in [-0.25, -0.2) is 0 Å². The highest BCUT2D eigenvalue weighted by atomic mass is 16.5. The molecule has 0 unspecified atom stereocenters. The second kappa shape index (κ2) is 9.93. The first kappa shape index (κ1) is 16.8. The largest absolute Gasteiger partial charge is 0.550 e. The van der Waals surface area contributed by atoms with Gasteiger partial charge in [0.1, 0.15) is 6.54 Å². The molecule has 92 valence electrons. The second-order valence-electron chi connectivity index (χ2n) is 4.09. The van der Waals surface area contributed by atoms with Crippen LogP contribution in [0.25, 0.3) is 0 Å². The molecule has 0 bridgehead atoms. The Kier molecular flexibility index (Phi) is 11.1. The number of likely N-dealkylation sites (N-methyl/N-ethyl adjacent to an activating group) is 1. The molecular weight excluding hydrogens is 194 g/mol. The first-order valence-electron chi connectivity index (χ1n) is 5.40. The number of ether oxygens (including phenoxy) is 1. The molecule has 0 radical (unpaired) electrons. The Morgan fingerprint density at radius 3 is 2.07 bits per heavy atom. The van der Waals surface area contributed by atoms with Gasteiger partial charge in [0, 0.05) is 13.1 Å². The molecule has 0 amide bonds. The van der Waals surface area contributed by atoms with Crippen LogP contribution in [0.5, 0.6) is 0 Å². The third-order valence-electron chi connectivity index (χ3n) is 2.21. The Balaban J connectivity index is 0. The molecule has 4 heteroatoms. The van der Waals surface area contributed by atoms with Crippen molar-refractivity contribution in [2.24, 2.45) is 0 Å². The Hall–Kier alpha value is -0.610. The van der Waals surface area contributed by atoms with Crippen molar-refractivity contribution in [3.8, 4) is 0 Å². The number of hydrogen-bond acceptors (Lipinski definition) is 3. The minimum atomic E-state index is -0.961. The highest BCUT2D eigenvalue weighted by molar-refractivity contribution is 5.63. The van der Waals surface area contributed by atoms with Crippen LogP contribution in [0, 0.1) is 0 Å². The van der Waals surface area contributed by atoms with Crippen molar-refractivity contribution < 1.29 is 19.1 Å². The summed E-state index contributed by atoms with van der Waals surface area (Å²) < 4.78 is 6.01. The van der Waals surface area contributed by atoms with Crippen molar-refractivity contribution in [3.05, 3.63) is 0 Å². The maximum absolute atomic E-state index is 9.49. The molecule has 0 fully saturated rings. The molecule has 0 aliphatic heterocycles. The third kappa shape index (κ3) is 16.1. The van der Waals surface area contributed by atoms with Crippen LogP contribution in [0.2, 0.25) is 0 Å². The summed E-state index contributed by atoms with van der Waals surface area (Å²) in [6, 6.07) is 0. The molecule has 0 aromatic rings. The number of carbonyl (C=O) groups excluding carboxylic acids is 1. The predicted octanol–water partition coefficient (Wildman–Crippen LogP) is 0.266. The fourth-order valence-corrected chi connectivity index (χ4v) is 0.701. The van der Waals surface area contributed by atoms with E-state index < -0.39 is 5.97 Å². The van der Waals surface area contributed by atoms with Crippen LogP contribution in [-0.4, -0.2) is 51.4 Å². The topological polar surface area (TPSA) is 49.4 Å². The summed E-state index contributed by atoms with van der Waals surface area (Å²) in [4.78, 5) is 9.49. The van der Waals surface area contributed by atoms with Gasteiger partial charge in [-0.3, -0.25) is 0 Å². The maximum atomic E-state index is 9.49. The van der Waals surface area contributed by atoms with Gasteiger partial charge in [0.2, 0.25) is 0 Å². The molecule has 0 saturated carbocycles. The lowest BCUT2D eigenvalue weighted by atomic mass is 10.4. The first-order chi connectivity index (χ1) is 6.89. The highest BCUT2D eigenvalue weighted by Gasteiger charge is 2.09. The lowest BCUT2D eigenvalue weighted by molar-refractivity contribution is -0.888. The average molecular weight is 219 g/mol. The monoisotopic (exact) mass is 219 g/mol. The van der Waals surface area contributed by atoms with Gasteiger partial charge < -0.3 is 19.1 Å². The molecule has 0 atom stereocenters. The van der Waals surface area contributed by atoms with E-state index in [1.54, 1.807) is 14.0 Å². The molecule has 0 N–H and O–H groups in total. The van der Waals surface area contributed by atoms with Crippen LogP contribution in [0.1, 0.15) is 26.7 Å². The van der Waals surface area contributed by atoms with Gasteiger partial charge in [-0.15, -0.1) is 0 Å². The number of rotatable bonds is 6. The zero-order chi connectivity index (χ0) is 12.3. The van der Waals surface area contributed by atoms with E-state index in [0.717, 1.165) is 17.6 Å². The van der Waals surface area contributed by atoms with Crippen molar-refractivity contribution >= 4 is 5.97 Å². The maximum Gasteiger partial charge on any atom is 0.102 e. The van der Waals surface area contributed by atoms with Gasteiger partial charge in [-0.05, 0) is 13.3 Å². The van der Waals surface area contributed by atoms with Crippen LogP contribution in [0.15, 0.2) is 0 Å². The number of carbonyl (C=O) groups is 1. The van der Waals surface area contributed by atoms with Gasteiger partial charge in [0.25, 0.3) is 0 Å². The van der Waals surface area contributed by atoms with Crippen LogP contribution in [0.4, 0.5) is 0 Å². The SMILES string of the molecule is CCCC(=O)[O-].CC[N+](C)(C)CCOC. The minimum absolute atomic E-state index is 0.181. The van der Waals surface area contributed by atoms with Gasteiger partial charge in [-0.2, -0.15) is 0 Å². The van der Waals surface area contributed by atoms with Crippen LogP contribution in [-0.2, 0) is 9.53 Å². The Bertz CT molecular complexity index is 158. The molecule has 0 spiro atoms. The van der Waals surface area contributed by atoms with Crippen molar-refractivity contribution in [2.75, 3.05) is 40.9 Å². The fraction of sp³-hybridized carbons (Fsp3) is 0.909. The molecule has 0 heterocycles. The van der Waals surface area contributed by atoms with Gasteiger partial charge >= 0.3 is 0 Å². The smallest absolute Gasteiger partial charge is 0.102 e. The van der Waals surface area contributed by atoms with Gasteiger partial charge in [-0.1, -0.05) is 13.3 Å². The summed E-state index contributed by atoms with van der Waals surface area (Å²) in [5, 5.41) is 9.49. The van der Waals surface area contributed by atoms with Gasteiger partial charge in [0.15, 0.2) is 0 Å². The number of aliphatic carboxylic acids is 1. The van der Waals surface area contributed by atoms with E-state index in [1.807, 2.05) is 0 Å². The number of carboxylic acid groups (broad SMARTS) is 1. The third-order valence-corrected chi connectivity index (χ3v) is 2.21. The number of quaternary nitrogens is 1. The lowest BCUT2D eigenvalue weighted by Crippen LogP contribution is -2.41. The quantitative estimate of drug-likeness (QED) is 0.602. The zero-order valence-electron chi connectivity index (χ0n) is 10.7. The van der Waals surface area contributed by atoms with E-state index >= 15 is 0 Å². The summed E-state index contributed by atoms with van der Waals surface area (Å²) in [6.07, 6.45) is 0.850. The summed E-state index contributed by atoms with van der Waals surface area (Å²) in [6.45, 7) is 7.13. The van der Waals surface area contributed by atoms with Crippen LogP contribution >= 0.6 is 0 Å². The number of carboxylic acids is 1. The van der Waals surface area contributed by atoms with Crippen molar-refractivity contribution in [1.82, 2.24) is 0 Å². The molecule has 0 saturated heterocycles. The highest BCUT2D eigenvalue weighted by Crippen LogP contribution is 1.93. The minimum Gasteiger partial charge on any atom is -0.550 e. The van der Waals surface area contributed by atoms with Crippen LogP contribution in [0.3, 0.4) is 0 Å². The molecule has 0 aromatic heterocycles. The molecule has 15 heavy (non-hydrogen) atoms. The summed E-state index contributed by atoms with van der Waals surface area (Å²) in [5.41, 5.74) is 0. The van der Waals surface area contributed by atoms with E-state index in [2.05, 4.69) is 21.0 Å². The Labute approximate surface area is 93.4 Å². The average Bonchev–Trinajstić information content (AvgIpc) is 2.16. The number of methoxy groups -OCH3 is 1. The first-order valence-corrected chi connectivity index (χ1v) is 5.40. The second-order valence-corrected chi connectivity index (χ2v) is 4.09. The molecule has 0 rings (SSSR count). The summed E-state index contributed by atoms with van der Waals surface area (Å²) in [7, 11) is 6.16. The summed E-state index contributed by atoms with van der Waals surface area (Å²) >= 11 is 0. The predicted molar refractivity (Wildman–Crippen MR) is 59.3 cm³/mol.